The number of furan rings is 2. The molecule has 0 bridgehead atoms. The van der Waals surface area contributed by atoms with Crippen molar-refractivity contribution in [2.75, 3.05) is 9.80 Å². The number of para-hydroxylation sites is 2. The molecule has 0 saturated carbocycles. The average Bonchev–Trinajstić information content (AvgIpc) is 3.95. The summed E-state index contributed by atoms with van der Waals surface area (Å²) in [7, 11) is 0. The zero-order valence-electron chi connectivity index (χ0n) is 40.4. The van der Waals surface area contributed by atoms with Gasteiger partial charge in [0.2, 0.25) is 0 Å². The van der Waals surface area contributed by atoms with Gasteiger partial charge < -0.3 is 18.6 Å². The predicted octanol–water partition coefficient (Wildman–Crippen LogP) is 19.6. The molecule has 0 radical (unpaired) electrons. The lowest BCUT2D eigenvalue weighted by Crippen LogP contribution is -2.12. The first-order valence-corrected chi connectivity index (χ1v) is 24.5. The van der Waals surface area contributed by atoms with E-state index in [-0.39, 0.29) is 0 Å². The summed E-state index contributed by atoms with van der Waals surface area (Å²) in [5.41, 5.74) is 20.7. The molecule has 0 aliphatic rings. The molecule has 0 aliphatic carbocycles. The topological polar surface area (TPSA) is 32.8 Å². The second kappa shape index (κ2) is 16.7. The molecule has 71 heavy (non-hydrogen) atoms. The van der Waals surface area contributed by atoms with Gasteiger partial charge in [0.05, 0.1) is 0 Å². The summed E-state index contributed by atoms with van der Waals surface area (Å²) in [5, 5.41) is 8.80. The Balaban J connectivity index is 0.934. The third-order valence-electron chi connectivity index (χ3n) is 14.6. The summed E-state index contributed by atoms with van der Waals surface area (Å²) < 4.78 is 13.9. The fraction of sp³-hybridized carbons (Fsp3) is 0.0746. The molecule has 4 heteroatoms. The predicted molar refractivity (Wildman–Crippen MR) is 300 cm³/mol. The van der Waals surface area contributed by atoms with Crippen LogP contribution < -0.4 is 9.80 Å². The van der Waals surface area contributed by atoms with E-state index in [1.807, 2.05) is 0 Å². The third kappa shape index (κ3) is 7.13. The van der Waals surface area contributed by atoms with Gasteiger partial charge in [0.15, 0.2) is 11.2 Å². The van der Waals surface area contributed by atoms with Crippen LogP contribution in [0.4, 0.5) is 34.1 Å². The zero-order chi connectivity index (χ0) is 47.9. The molecule has 11 aromatic carbocycles. The van der Waals surface area contributed by atoms with Gasteiger partial charge in [-0.2, -0.15) is 0 Å². The number of hydrogen-bond acceptors (Lipinski definition) is 4. The van der Waals surface area contributed by atoms with Crippen LogP contribution in [0.1, 0.15) is 27.8 Å². The van der Waals surface area contributed by atoms with E-state index in [9.17, 15) is 0 Å². The van der Waals surface area contributed by atoms with Crippen molar-refractivity contribution in [3.05, 3.63) is 240 Å². The molecule has 0 amide bonds. The van der Waals surface area contributed by atoms with E-state index in [1.165, 1.54) is 44.5 Å². The first kappa shape index (κ1) is 42.3. The summed E-state index contributed by atoms with van der Waals surface area (Å²) in [4.78, 5) is 4.80. The lowest BCUT2D eigenvalue weighted by molar-refractivity contribution is 0.633. The molecule has 0 aliphatic heterocycles. The van der Waals surface area contributed by atoms with E-state index in [1.54, 1.807) is 0 Å². The van der Waals surface area contributed by atoms with Crippen LogP contribution in [-0.2, 0) is 0 Å². The van der Waals surface area contributed by atoms with E-state index >= 15 is 0 Å². The molecule has 0 fully saturated rings. The molecule has 0 atom stereocenters. The molecule has 0 N–H and O–H groups in total. The average molecular weight is 915 g/mol. The standard InChI is InChI=1S/C67H50N2O2/c1-41-16-12-14-22-59(41)68(61-37-50(26-24-43(61)3)46-18-8-6-9-19-46)54-30-28-48-35-56-57-32-45(5)65-58-36-49-29-31-55(34-53(49)40-64(58)71-67(65)66(57)70-63(56)39-52(48)33-54)69(60-23-15-13-17-42(60)2)62-38-51(27-25-44(62)4)47-20-10-7-11-21-47/h6-40H,1-5H3. The Labute approximate surface area is 413 Å². The molecule has 2 heterocycles. The van der Waals surface area contributed by atoms with Crippen LogP contribution in [0, 0.1) is 34.6 Å². The van der Waals surface area contributed by atoms with Crippen LogP contribution in [0.5, 0.6) is 0 Å². The molecule has 4 nitrogen and oxygen atoms in total. The highest BCUT2D eigenvalue weighted by atomic mass is 16.4. The van der Waals surface area contributed by atoms with Gasteiger partial charge in [-0.25, -0.2) is 0 Å². The van der Waals surface area contributed by atoms with Crippen molar-refractivity contribution in [3.8, 4) is 22.3 Å². The van der Waals surface area contributed by atoms with Gasteiger partial charge in [-0.05, 0) is 185 Å². The highest BCUT2D eigenvalue weighted by Crippen LogP contribution is 2.46. The Hall–Kier alpha value is -8.86. The lowest BCUT2D eigenvalue weighted by atomic mass is 9.99. The summed E-state index contributed by atoms with van der Waals surface area (Å²) >= 11 is 0. The van der Waals surface area contributed by atoms with Gasteiger partial charge in [0, 0.05) is 55.7 Å². The normalized spacial score (nSPS) is 11.7. The number of benzene rings is 11. The molecular weight excluding hydrogens is 865 g/mol. The summed E-state index contributed by atoms with van der Waals surface area (Å²) in [5.74, 6) is 0. The summed E-state index contributed by atoms with van der Waals surface area (Å²) in [6.07, 6.45) is 0. The minimum atomic E-state index is 0.770. The van der Waals surface area contributed by atoms with E-state index in [0.29, 0.717) is 0 Å². The first-order chi connectivity index (χ1) is 34.7. The number of aryl methyl sites for hydroxylation is 5. The van der Waals surface area contributed by atoms with Crippen molar-refractivity contribution in [2.45, 2.75) is 34.6 Å². The van der Waals surface area contributed by atoms with Gasteiger partial charge >= 0.3 is 0 Å². The van der Waals surface area contributed by atoms with Crippen LogP contribution >= 0.6 is 0 Å². The van der Waals surface area contributed by atoms with Gasteiger partial charge in [0.25, 0.3) is 0 Å². The van der Waals surface area contributed by atoms with Crippen LogP contribution in [0.2, 0.25) is 0 Å². The molecule has 340 valence electrons. The largest absolute Gasteiger partial charge is 0.452 e. The van der Waals surface area contributed by atoms with Crippen LogP contribution in [0.15, 0.2) is 221 Å². The van der Waals surface area contributed by atoms with Crippen molar-refractivity contribution >= 4 is 99.5 Å². The Morgan fingerprint density at radius 2 is 0.732 bits per heavy atom. The number of nitrogens with zero attached hydrogens (tertiary/aromatic N) is 2. The molecule has 2 aromatic heterocycles. The number of fused-ring (bicyclic) bond motifs is 9. The monoisotopic (exact) mass is 914 g/mol. The molecule has 13 aromatic rings. The molecule has 13 rings (SSSR count). The minimum absolute atomic E-state index is 0.770. The van der Waals surface area contributed by atoms with Gasteiger partial charge in [-0.1, -0.05) is 133 Å². The summed E-state index contributed by atoms with van der Waals surface area (Å²) in [6, 6.07) is 76.9. The fourth-order valence-electron chi connectivity index (χ4n) is 10.9. The fourth-order valence-corrected chi connectivity index (χ4v) is 10.9. The highest BCUT2D eigenvalue weighted by molar-refractivity contribution is 6.22. The highest BCUT2D eigenvalue weighted by Gasteiger charge is 2.23. The first-order valence-electron chi connectivity index (χ1n) is 24.5. The molecular formula is C67H50N2O2. The minimum Gasteiger partial charge on any atom is -0.452 e. The number of hydrogen-bond donors (Lipinski definition) is 0. The van der Waals surface area contributed by atoms with E-state index in [0.717, 1.165) is 105 Å². The smallest absolute Gasteiger partial charge is 0.178 e. The zero-order valence-corrected chi connectivity index (χ0v) is 40.4. The quantitative estimate of drug-likeness (QED) is 0.152. The van der Waals surface area contributed by atoms with Crippen molar-refractivity contribution in [2.24, 2.45) is 0 Å². The van der Waals surface area contributed by atoms with E-state index in [4.69, 9.17) is 8.83 Å². The lowest BCUT2D eigenvalue weighted by Gasteiger charge is -2.29. The van der Waals surface area contributed by atoms with Crippen LogP contribution in [-0.4, -0.2) is 0 Å². The van der Waals surface area contributed by atoms with Gasteiger partial charge in [0.1, 0.15) is 11.2 Å². The Bertz CT molecular complexity index is 4240. The van der Waals surface area contributed by atoms with Crippen molar-refractivity contribution in [1.82, 2.24) is 0 Å². The maximum Gasteiger partial charge on any atom is 0.178 e. The van der Waals surface area contributed by atoms with Gasteiger partial charge in [-0.15, -0.1) is 0 Å². The van der Waals surface area contributed by atoms with Crippen LogP contribution in [0.25, 0.3) is 87.7 Å². The number of anilines is 6. The van der Waals surface area contributed by atoms with Crippen molar-refractivity contribution in [3.63, 3.8) is 0 Å². The maximum atomic E-state index is 6.95. The van der Waals surface area contributed by atoms with E-state index in [2.05, 4.69) is 257 Å². The number of rotatable bonds is 8. The Kier molecular flexibility index (Phi) is 9.93. The second-order valence-corrected chi connectivity index (χ2v) is 19.2. The molecule has 0 unspecified atom stereocenters. The van der Waals surface area contributed by atoms with Crippen molar-refractivity contribution in [1.29, 1.82) is 0 Å². The third-order valence-corrected chi connectivity index (χ3v) is 14.6. The Morgan fingerprint density at radius 3 is 1.25 bits per heavy atom. The second-order valence-electron chi connectivity index (χ2n) is 19.2. The Morgan fingerprint density at radius 1 is 0.282 bits per heavy atom. The van der Waals surface area contributed by atoms with Crippen molar-refractivity contribution < 1.29 is 8.83 Å². The molecule has 0 spiro atoms. The maximum absolute atomic E-state index is 6.95. The van der Waals surface area contributed by atoms with E-state index < -0.39 is 0 Å². The molecule has 0 saturated heterocycles. The van der Waals surface area contributed by atoms with Crippen LogP contribution in [0.3, 0.4) is 0 Å². The summed E-state index contributed by atoms with van der Waals surface area (Å²) in [6.45, 7) is 11.0. The van der Waals surface area contributed by atoms with Gasteiger partial charge in [-0.3, -0.25) is 0 Å². The SMILES string of the molecule is Cc1ccccc1N(c1ccc2cc3c(cc2c1)oc1c3cc(C)c2c3cc4ccc(N(c5ccccc5C)c5cc(-c6ccccc6)ccc5C)cc4cc3oc12)c1cc(-c2ccccc2)ccc1C.